The van der Waals surface area contributed by atoms with Gasteiger partial charge in [-0.3, -0.25) is 18.0 Å². The Balaban J connectivity index is 0. The molecule has 3 N–H and O–H groups in total. The van der Waals surface area contributed by atoms with Gasteiger partial charge in [0.25, 0.3) is 0 Å². The van der Waals surface area contributed by atoms with Crippen molar-refractivity contribution in [2.24, 2.45) is 0 Å². The Morgan fingerprint density at radius 1 is 0.750 bits per heavy atom. The number of nitrogens with one attached hydrogen (secondary N) is 2. The molecule has 0 fully saturated rings. The minimum absolute atomic E-state index is 0.0547. The van der Waals surface area contributed by atoms with Gasteiger partial charge in [0.1, 0.15) is 0 Å². The lowest BCUT2D eigenvalue weighted by Gasteiger charge is -2.17. The summed E-state index contributed by atoms with van der Waals surface area (Å²) in [6.45, 7) is 2.67. The average Bonchev–Trinajstić information content (AvgIpc) is 2.46. The molecule has 0 spiro atoms. The summed E-state index contributed by atoms with van der Waals surface area (Å²) in [5.41, 5.74) is 0.833. The lowest BCUT2D eigenvalue weighted by atomic mass is 10.1. The van der Waals surface area contributed by atoms with Gasteiger partial charge < -0.3 is 15.7 Å². The van der Waals surface area contributed by atoms with Crippen molar-refractivity contribution in [1.29, 1.82) is 0 Å². The molecule has 1 rings (SSSR count). The number of anilines is 2. The Labute approximate surface area is 210 Å². The minimum atomic E-state index is -1.12. The van der Waals surface area contributed by atoms with Crippen molar-refractivity contribution in [3.8, 4) is 0 Å². The lowest BCUT2D eigenvalue weighted by molar-refractivity contribution is -0.115. The second-order valence-corrected chi connectivity index (χ2v) is 11.4. The van der Waals surface area contributed by atoms with Crippen LogP contribution in [0.5, 0.6) is 0 Å². The lowest BCUT2D eigenvalue weighted by Crippen LogP contribution is -2.17. The van der Waals surface area contributed by atoms with E-state index in [0.717, 1.165) is 0 Å². The fourth-order valence-corrected chi connectivity index (χ4v) is 5.59. The van der Waals surface area contributed by atoms with Crippen molar-refractivity contribution in [2.75, 3.05) is 35.7 Å². The van der Waals surface area contributed by atoms with Crippen LogP contribution in [0.25, 0.3) is 0 Å². The van der Waals surface area contributed by atoms with Crippen LogP contribution in [-0.2, 0) is 31.2 Å². The fourth-order valence-electron chi connectivity index (χ4n) is 1.42. The van der Waals surface area contributed by atoms with Crippen molar-refractivity contribution >= 4 is 119 Å². The third-order valence-corrected chi connectivity index (χ3v) is 5.37. The standard InChI is InChI=1S/C11H9I3N2O4.2C2H6OS/c1-3(17)15-9-6(12)5(11(19)20)7(13)10(8(9)14)16-4(2)18;2*1-4(2)3/h1-2H3,(H,15,17)(H,16,18)(H,19,20);2*1-2H3. The van der Waals surface area contributed by atoms with Gasteiger partial charge in [0.05, 0.1) is 27.6 Å². The summed E-state index contributed by atoms with van der Waals surface area (Å²) in [6, 6.07) is 0. The smallest absolute Gasteiger partial charge is 0.338 e. The number of carbonyl (C=O) groups excluding carboxylic acids is 2. The van der Waals surface area contributed by atoms with Gasteiger partial charge in [-0.1, -0.05) is 0 Å². The summed E-state index contributed by atoms with van der Waals surface area (Å²) in [5.74, 6) is -1.74. The molecule has 0 saturated carbocycles. The largest absolute Gasteiger partial charge is 0.478 e. The Bertz CT molecular complexity index is 739. The first kappa shape index (κ1) is 30.3. The van der Waals surface area contributed by atoms with Crippen molar-refractivity contribution in [3.05, 3.63) is 16.3 Å². The highest BCUT2D eigenvalue weighted by atomic mass is 127. The third-order valence-electron chi connectivity index (χ3n) is 2.13. The Morgan fingerprint density at radius 2 is 1.00 bits per heavy atom. The van der Waals surface area contributed by atoms with Crippen LogP contribution in [0.1, 0.15) is 24.2 Å². The Morgan fingerprint density at radius 3 is 1.18 bits per heavy atom. The summed E-state index contributed by atoms with van der Waals surface area (Å²) in [5, 5.41) is 14.5. The molecule has 8 nitrogen and oxygen atoms in total. The number of rotatable bonds is 3. The number of hydrogen-bond donors (Lipinski definition) is 3. The SMILES string of the molecule is CC(=O)Nc1c(I)c(NC(C)=O)c(I)c(C(=O)O)c1I.CS(C)=O.CS(C)=O. The number of benzene rings is 1. The van der Waals surface area contributed by atoms with Crippen molar-refractivity contribution in [1.82, 2.24) is 0 Å². The van der Waals surface area contributed by atoms with Crippen molar-refractivity contribution < 1.29 is 27.9 Å². The predicted molar refractivity (Wildman–Crippen MR) is 140 cm³/mol. The molecule has 0 bridgehead atoms. The molecular weight excluding hydrogens is 749 g/mol. The molecule has 0 aliphatic heterocycles. The molecule has 2 amide bonds. The van der Waals surface area contributed by atoms with Gasteiger partial charge in [0.2, 0.25) is 11.8 Å². The maximum atomic E-state index is 11.4. The van der Waals surface area contributed by atoms with Crippen LogP contribution in [0.15, 0.2) is 0 Å². The second kappa shape index (κ2) is 15.0. The highest BCUT2D eigenvalue weighted by molar-refractivity contribution is 14.1. The van der Waals surface area contributed by atoms with E-state index in [0.29, 0.717) is 22.1 Å². The topological polar surface area (TPSA) is 130 Å². The number of aromatic carboxylic acids is 1. The summed E-state index contributed by atoms with van der Waals surface area (Å²) >= 11 is 5.71. The normalized spacial score (nSPS) is 9.68. The minimum Gasteiger partial charge on any atom is -0.478 e. The zero-order valence-electron chi connectivity index (χ0n) is 15.9. The molecular formula is C15H21I3N2O6S2. The molecule has 28 heavy (non-hydrogen) atoms. The first-order valence-electron chi connectivity index (χ1n) is 7.12. The van der Waals surface area contributed by atoms with E-state index in [1.807, 2.05) is 67.8 Å². The molecule has 0 atom stereocenters. The molecule has 13 heteroatoms. The van der Waals surface area contributed by atoms with E-state index in [2.05, 4.69) is 10.6 Å². The molecule has 0 aliphatic rings. The number of halogens is 3. The molecule has 0 aliphatic carbocycles. The van der Waals surface area contributed by atoms with Gasteiger partial charge in [-0.2, -0.15) is 0 Å². The maximum absolute atomic E-state index is 11.4. The summed E-state index contributed by atoms with van der Waals surface area (Å²) in [6.07, 6.45) is 6.56. The fraction of sp³-hybridized carbons (Fsp3) is 0.400. The first-order valence-corrected chi connectivity index (χ1v) is 14.3. The molecule has 160 valence electrons. The molecule has 0 saturated heterocycles. The molecule has 1 aromatic rings. The predicted octanol–water partition coefficient (Wildman–Crippen LogP) is 3.10. The molecule has 0 aromatic heterocycles. The van der Waals surface area contributed by atoms with Crippen LogP contribution < -0.4 is 10.6 Å². The molecule has 0 unspecified atom stereocenters. The Kier molecular flexibility index (Phi) is 16.2. The van der Waals surface area contributed by atoms with Crippen LogP contribution in [0.2, 0.25) is 0 Å². The van der Waals surface area contributed by atoms with Crippen LogP contribution in [-0.4, -0.2) is 56.3 Å². The van der Waals surface area contributed by atoms with Gasteiger partial charge >= 0.3 is 5.97 Å². The number of carboxylic acids is 1. The average molecular weight is 770 g/mol. The second-order valence-electron chi connectivity index (χ2n) is 5.22. The van der Waals surface area contributed by atoms with Crippen molar-refractivity contribution in [2.45, 2.75) is 13.8 Å². The quantitative estimate of drug-likeness (QED) is 0.406. The maximum Gasteiger partial charge on any atom is 0.338 e. The number of hydrogen-bond acceptors (Lipinski definition) is 5. The monoisotopic (exact) mass is 770 g/mol. The third kappa shape index (κ3) is 12.6. The summed E-state index contributed by atoms with van der Waals surface area (Å²) in [4.78, 5) is 33.9. The van der Waals surface area contributed by atoms with Gasteiger partial charge in [-0.15, -0.1) is 0 Å². The van der Waals surface area contributed by atoms with Gasteiger partial charge in [-0.25, -0.2) is 4.79 Å². The molecule has 1 aromatic carbocycles. The first-order chi connectivity index (χ1) is 12.6. The van der Waals surface area contributed by atoms with E-state index in [1.165, 1.54) is 13.8 Å². The zero-order valence-corrected chi connectivity index (χ0v) is 24.0. The van der Waals surface area contributed by atoms with Crippen LogP contribution in [0, 0.1) is 10.7 Å². The van der Waals surface area contributed by atoms with E-state index in [1.54, 1.807) is 25.0 Å². The number of carbonyl (C=O) groups is 3. The zero-order chi connectivity index (χ0) is 22.8. The number of amides is 2. The van der Waals surface area contributed by atoms with E-state index in [9.17, 15) is 27.9 Å². The molecule has 0 heterocycles. The summed E-state index contributed by atoms with van der Waals surface area (Å²) < 4.78 is 20.5. The van der Waals surface area contributed by atoms with E-state index in [4.69, 9.17) is 0 Å². The van der Waals surface area contributed by atoms with Crippen LogP contribution in [0.3, 0.4) is 0 Å². The van der Waals surface area contributed by atoms with E-state index >= 15 is 0 Å². The van der Waals surface area contributed by atoms with E-state index < -0.39 is 27.6 Å². The van der Waals surface area contributed by atoms with Crippen LogP contribution in [0.4, 0.5) is 11.4 Å². The number of carboxylic acid groups (broad SMARTS) is 1. The van der Waals surface area contributed by atoms with E-state index in [-0.39, 0.29) is 17.4 Å². The van der Waals surface area contributed by atoms with Gasteiger partial charge in [0.15, 0.2) is 0 Å². The van der Waals surface area contributed by atoms with Gasteiger partial charge in [0, 0.05) is 60.5 Å². The highest BCUT2D eigenvalue weighted by Gasteiger charge is 2.25. The molecule has 0 radical (unpaired) electrons. The van der Waals surface area contributed by atoms with Crippen molar-refractivity contribution in [3.63, 3.8) is 0 Å². The highest BCUT2D eigenvalue weighted by Crippen LogP contribution is 2.38. The van der Waals surface area contributed by atoms with Gasteiger partial charge in [-0.05, 0) is 67.8 Å². The Hall–Kier alpha value is 0.120. The summed E-state index contributed by atoms with van der Waals surface area (Å²) in [7, 11) is -1.22. The van der Waals surface area contributed by atoms with Crippen LogP contribution >= 0.6 is 67.8 Å².